The number of anilines is 1. The van der Waals surface area contributed by atoms with E-state index in [0.29, 0.717) is 5.76 Å². The van der Waals surface area contributed by atoms with Crippen LogP contribution in [0.2, 0.25) is 0 Å². The molecular formula is C15H15N3O6. The Hall–Kier alpha value is -3.36. The SMILES string of the molecule is C[C@@H](NC(=O)COC(=O)c1cc([N+](=O)[O-])ccc1N)c1ccco1. The summed E-state index contributed by atoms with van der Waals surface area (Å²) in [7, 11) is 0. The lowest BCUT2D eigenvalue weighted by Crippen LogP contribution is -2.31. The molecule has 0 aliphatic carbocycles. The molecule has 0 spiro atoms. The number of hydrogen-bond acceptors (Lipinski definition) is 7. The molecule has 0 saturated heterocycles. The molecule has 126 valence electrons. The number of nitrogens with one attached hydrogen (secondary N) is 1. The number of non-ortho nitro benzene ring substituents is 1. The molecule has 1 aromatic carbocycles. The zero-order chi connectivity index (χ0) is 17.7. The predicted octanol–water partition coefficient (Wildman–Crippen LogP) is 1.80. The Balaban J connectivity index is 1.94. The molecular weight excluding hydrogens is 318 g/mol. The first-order chi connectivity index (χ1) is 11.4. The molecule has 1 aromatic heterocycles. The van der Waals surface area contributed by atoms with E-state index in [1.807, 2.05) is 0 Å². The highest BCUT2D eigenvalue weighted by Gasteiger charge is 2.18. The number of rotatable bonds is 6. The number of nitro groups is 1. The first-order valence-corrected chi connectivity index (χ1v) is 6.92. The fraction of sp³-hybridized carbons (Fsp3) is 0.200. The number of nitrogen functional groups attached to an aromatic ring is 1. The first kappa shape index (κ1) is 17.0. The van der Waals surface area contributed by atoms with Crippen LogP contribution in [0, 0.1) is 10.1 Å². The maximum Gasteiger partial charge on any atom is 0.341 e. The van der Waals surface area contributed by atoms with Crippen LogP contribution in [0.25, 0.3) is 0 Å². The van der Waals surface area contributed by atoms with Crippen LogP contribution in [-0.4, -0.2) is 23.4 Å². The van der Waals surface area contributed by atoms with E-state index in [2.05, 4.69) is 5.32 Å². The van der Waals surface area contributed by atoms with E-state index in [0.717, 1.165) is 6.07 Å². The van der Waals surface area contributed by atoms with Crippen LogP contribution >= 0.6 is 0 Å². The van der Waals surface area contributed by atoms with Gasteiger partial charge in [0.25, 0.3) is 11.6 Å². The van der Waals surface area contributed by atoms with E-state index >= 15 is 0 Å². The van der Waals surface area contributed by atoms with Gasteiger partial charge >= 0.3 is 5.97 Å². The standard InChI is InChI=1S/C15H15N3O6/c1-9(13-3-2-6-23-13)17-14(19)8-24-15(20)11-7-10(18(21)22)4-5-12(11)16/h2-7,9H,8,16H2,1H3,(H,17,19)/t9-/m1/s1. The van der Waals surface area contributed by atoms with Crippen LogP contribution in [0.15, 0.2) is 41.0 Å². The summed E-state index contributed by atoms with van der Waals surface area (Å²) in [5, 5.41) is 13.3. The lowest BCUT2D eigenvalue weighted by Gasteiger charge is -2.12. The van der Waals surface area contributed by atoms with Gasteiger partial charge in [-0.1, -0.05) is 0 Å². The van der Waals surface area contributed by atoms with Crippen molar-refractivity contribution in [3.63, 3.8) is 0 Å². The number of hydrogen-bond donors (Lipinski definition) is 2. The Morgan fingerprint density at radius 2 is 2.17 bits per heavy atom. The number of benzene rings is 1. The second-order valence-electron chi connectivity index (χ2n) is 4.91. The van der Waals surface area contributed by atoms with Crippen molar-refractivity contribution in [3.8, 4) is 0 Å². The molecule has 0 radical (unpaired) electrons. The minimum absolute atomic E-state index is 0.0231. The third kappa shape index (κ3) is 4.09. The fourth-order valence-corrected chi connectivity index (χ4v) is 1.94. The number of carbonyl (C=O) groups excluding carboxylic acids is 2. The van der Waals surface area contributed by atoms with E-state index in [1.54, 1.807) is 19.1 Å². The van der Waals surface area contributed by atoms with Gasteiger partial charge in [0.05, 0.1) is 22.8 Å². The number of esters is 1. The normalized spacial score (nSPS) is 11.5. The third-order valence-corrected chi connectivity index (χ3v) is 3.15. The lowest BCUT2D eigenvalue weighted by atomic mass is 10.1. The molecule has 9 nitrogen and oxygen atoms in total. The number of furan rings is 1. The third-order valence-electron chi connectivity index (χ3n) is 3.15. The monoisotopic (exact) mass is 333 g/mol. The number of ether oxygens (including phenoxy) is 1. The molecule has 1 heterocycles. The second kappa shape index (κ2) is 7.27. The minimum atomic E-state index is -0.919. The zero-order valence-electron chi connectivity index (χ0n) is 12.7. The van der Waals surface area contributed by atoms with Crippen LogP contribution < -0.4 is 11.1 Å². The van der Waals surface area contributed by atoms with Gasteiger partial charge in [0.15, 0.2) is 6.61 Å². The molecule has 2 rings (SSSR count). The number of nitrogens with two attached hydrogens (primary N) is 1. The summed E-state index contributed by atoms with van der Waals surface area (Å²) in [6.45, 7) is 1.16. The van der Waals surface area contributed by atoms with Crippen molar-refractivity contribution in [2.45, 2.75) is 13.0 Å². The molecule has 2 aromatic rings. The van der Waals surface area contributed by atoms with Crippen molar-refractivity contribution in [2.75, 3.05) is 12.3 Å². The largest absolute Gasteiger partial charge is 0.467 e. The molecule has 0 saturated carbocycles. The number of carbonyl (C=O) groups is 2. The topological polar surface area (TPSA) is 138 Å². The van der Waals surface area contributed by atoms with Crippen LogP contribution in [-0.2, 0) is 9.53 Å². The average Bonchev–Trinajstić information content (AvgIpc) is 3.07. The van der Waals surface area contributed by atoms with Gasteiger partial charge in [-0.25, -0.2) is 4.79 Å². The van der Waals surface area contributed by atoms with Gasteiger partial charge < -0.3 is 20.2 Å². The van der Waals surface area contributed by atoms with Gasteiger partial charge in [-0.2, -0.15) is 0 Å². The lowest BCUT2D eigenvalue weighted by molar-refractivity contribution is -0.384. The smallest absolute Gasteiger partial charge is 0.341 e. The Bertz CT molecular complexity index is 757. The van der Waals surface area contributed by atoms with Crippen molar-refractivity contribution >= 4 is 23.3 Å². The maximum atomic E-state index is 11.9. The highest BCUT2D eigenvalue weighted by molar-refractivity contribution is 5.97. The molecule has 0 fully saturated rings. The zero-order valence-corrected chi connectivity index (χ0v) is 12.7. The fourth-order valence-electron chi connectivity index (χ4n) is 1.94. The summed E-state index contributed by atoms with van der Waals surface area (Å²) in [5.41, 5.74) is 5.16. The molecule has 0 bridgehead atoms. The highest BCUT2D eigenvalue weighted by atomic mass is 16.6. The highest BCUT2D eigenvalue weighted by Crippen LogP contribution is 2.20. The van der Waals surface area contributed by atoms with Gasteiger partial charge in [0, 0.05) is 17.8 Å². The Kier molecular flexibility index (Phi) is 5.15. The van der Waals surface area contributed by atoms with Crippen LogP contribution in [0.3, 0.4) is 0 Å². The molecule has 24 heavy (non-hydrogen) atoms. The second-order valence-corrected chi connectivity index (χ2v) is 4.91. The summed E-state index contributed by atoms with van der Waals surface area (Å²) in [6, 6.07) is 6.39. The Morgan fingerprint density at radius 1 is 1.42 bits per heavy atom. The average molecular weight is 333 g/mol. The van der Waals surface area contributed by atoms with Crippen LogP contribution in [0.1, 0.15) is 29.1 Å². The Morgan fingerprint density at radius 3 is 2.79 bits per heavy atom. The molecule has 0 aliphatic heterocycles. The number of nitro benzene ring substituents is 1. The quantitative estimate of drug-likeness (QED) is 0.356. The van der Waals surface area contributed by atoms with E-state index in [1.165, 1.54) is 18.4 Å². The van der Waals surface area contributed by atoms with Crippen LogP contribution in [0.4, 0.5) is 11.4 Å². The van der Waals surface area contributed by atoms with Crippen molar-refractivity contribution in [2.24, 2.45) is 0 Å². The maximum absolute atomic E-state index is 11.9. The summed E-state index contributed by atoms with van der Waals surface area (Å²) in [6.07, 6.45) is 1.48. The van der Waals surface area contributed by atoms with Crippen molar-refractivity contribution in [3.05, 3.63) is 58.0 Å². The molecule has 0 aliphatic rings. The molecule has 9 heteroatoms. The molecule has 1 amide bonds. The van der Waals surface area contributed by atoms with E-state index in [9.17, 15) is 19.7 Å². The van der Waals surface area contributed by atoms with E-state index < -0.39 is 29.4 Å². The van der Waals surface area contributed by atoms with Crippen molar-refractivity contribution in [1.82, 2.24) is 5.32 Å². The summed E-state index contributed by atoms with van der Waals surface area (Å²) >= 11 is 0. The molecule has 0 unspecified atom stereocenters. The number of nitrogens with zero attached hydrogens (tertiary/aromatic N) is 1. The van der Waals surface area contributed by atoms with E-state index in [4.69, 9.17) is 14.9 Å². The van der Waals surface area contributed by atoms with Crippen LogP contribution in [0.5, 0.6) is 0 Å². The molecule has 3 N–H and O–H groups in total. The van der Waals surface area contributed by atoms with Gasteiger partial charge in [-0.15, -0.1) is 0 Å². The number of amides is 1. The minimum Gasteiger partial charge on any atom is -0.467 e. The van der Waals surface area contributed by atoms with Gasteiger partial charge in [-0.05, 0) is 25.1 Å². The Labute approximate surface area is 136 Å². The summed E-state index contributed by atoms with van der Waals surface area (Å²) < 4.78 is 9.98. The van der Waals surface area contributed by atoms with Gasteiger partial charge in [-0.3, -0.25) is 14.9 Å². The van der Waals surface area contributed by atoms with E-state index in [-0.39, 0.29) is 16.9 Å². The van der Waals surface area contributed by atoms with Crippen molar-refractivity contribution in [1.29, 1.82) is 0 Å². The predicted molar refractivity (Wildman–Crippen MR) is 83.1 cm³/mol. The summed E-state index contributed by atoms with van der Waals surface area (Å²) in [5.74, 6) is -0.911. The first-order valence-electron chi connectivity index (χ1n) is 6.92. The molecule has 1 atom stereocenters. The van der Waals surface area contributed by atoms with Crippen molar-refractivity contribution < 1.29 is 23.7 Å². The van der Waals surface area contributed by atoms with Gasteiger partial charge in [0.2, 0.25) is 0 Å². The van der Waals surface area contributed by atoms with Gasteiger partial charge in [0.1, 0.15) is 5.76 Å². The summed E-state index contributed by atoms with van der Waals surface area (Å²) in [4.78, 5) is 33.8.